The summed E-state index contributed by atoms with van der Waals surface area (Å²) in [5, 5.41) is 16.1. The summed E-state index contributed by atoms with van der Waals surface area (Å²) >= 11 is 0. The topological polar surface area (TPSA) is 126 Å². The average Bonchev–Trinajstić information content (AvgIpc) is 3.23. The van der Waals surface area contributed by atoms with Gasteiger partial charge in [0.1, 0.15) is 23.6 Å². The Bertz CT molecular complexity index is 1070. The number of fused-ring (bicyclic) bond motifs is 2. The third kappa shape index (κ3) is 3.37. The van der Waals surface area contributed by atoms with Gasteiger partial charge in [-0.1, -0.05) is 25.1 Å². The van der Waals surface area contributed by atoms with Crippen molar-refractivity contribution in [1.29, 1.82) is 0 Å². The van der Waals surface area contributed by atoms with Gasteiger partial charge in [0, 0.05) is 24.4 Å². The van der Waals surface area contributed by atoms with Crippen molar-refractivity contribution in [2.24, 2.45) is 0 Å². The summed E-state index contributed by atoms with van der Waals surface area (Å²) in [4.78, 5) is 43.1. The monoisotopic (exact) mass is 427 g/mol. The Balaban J connectivity index is 1.65. The van der Waals surface area contributed by atoms with E-state index in [0.717, 1.165) is 0 Å². The molecule has 164 valence electrons. The maximum Gasteiger partial charge on any atom is 0.351 e. The fourth-order valence-electron chi connectivity index (χ4n) is 4.32. The lowest BCUT2D eigenvalue weighted by Crippen LogP contribution is -2.52. The van der Waals surface area contributed by atoms with Crippen molar-refractivity contribution in [2.45, 2.75) is 44.2 Å². The smallest absolute Gasteiger partial charge is 0.351 e. The molecule has 10 heteroatoms. The van der Waals surface area contributed by atoms with Crippen molar-refractivity contribution in [2.75, 3.05) is 18.9 Å². The molecule has 1 aromatic heterocycles. The Morgan fingerprint density at radius 1 is 1.32 bits per heavy atom. The van der Waals surface area contributed by atoms with E-state index >= 15 is 0 Å². The molecule has 0 saturated carbocycles. The first-order valence-corrected chi connectivity index (χ1v) is 10.1. The molecule has 2 fully saturated rings. The number of rotatable bonds is 4. The number of aryl methyl sites for hydroxylation is 1. The molecule has 1 unspecified atom stereocenters. The number of likely N-dealkylation sites (tertiary alicyclic amines) is 1. The van der Waals surface area contributed by atoms with Gasteiger partial charge in [-0.15, -0.1) is 0 Å². The van der Waals surface area contributed by atoms with Gasteiger partial charge in [0.25, 0.3) is 5.91 Å². The van der Waals surface area contributed by atoms with Crippen LogP contribution in [-0.4, -0.2) is 62.8 Å². The predicted molar refractivity (Wildman–Crippen MR) is 112 cm³/mol. The predicted octanol–water partition coefficient (Wildman–Crippen LogP) is 0.866. The van der Waals surface area contributed by atoms with E-state index in [1.807, 2.05) is 6.92 Å². The van der Waals surface area contributed by atoms with Crippen LogP contribution in [0.15, 0.2) is 41.3 Å². The Morgan fingerprint density at radius 3 is 2.65 bits per heavy atom. The number of urea groups is 1. The molecule has 3 heterocycles. The number of ether oxygens (including phenoxy) is 1. The lowest BCUT2D eigenvalue weighted by molar-refractivity contribution is -0.130. The Labute approximate surface area is 178 Å². The van der Waals surface area contributed by atoms with Crippen LogP contribution in [0.25, 0.3) is 0 Å². The van der Waals surface area contributed by atoms with Crippen LogP contribution in [0.5, 0.6) is 0 Å². The molecule has 4 atom stereocenters. The van der Waals surface area contributed by atoms with Crippen molar-refractivity contribution < 1.29 is 19.4 Å². The number of aliphatic hydroxyl groups excluding tert-OH is 1. The number of hydrogen-bond acceptors (Lipinski definition) is 6. The summed E-state index contributed by atoms with van der Waals surface area (Å²) in [6.45, 7) is 3.81. The number of aromatic nitrogens is 2. The Morgan fingerprint density at radius 2 is 2.03 bits per heavy atom. The molecule has 0 radical (unpaired) electrons. The zero-order chi connectivity index (χ0) is 22.3. The second-order valence-corrected chi connectivity index (χ2v) is 7.83. The molecule has 0 spiro atoms. The maximum absolute atomic E-state index is 12.8. The largest absolute Gasteiger partial charge is 0.388 e. The molecular weight excluding hydrogens is 402 g/mol. The SMILES string of the molecule is CC[C@@]12CN(C(=O)NC)[C@@H](C(n3cc(C)c(NC(=O)c4ccccc4)nc3=O)O1)[C@@H]2O. The summed E-state index contributed by atoms with van der Waals surface area (Å²) in [5.41, 5.74) is -0.614. The van der Waals surface area contributed by atoms with Crippen LogP contribution >= 0.6 is 0 Å². The molecule has 2 aliphatic rings. The molecular formula is C21H25N5O5. The van der Waals surface area contributed by atoms with Crippen molar-refractivity contribution in [3.8, 4) is 0 Å². The van der Waals surface area contributed by atoms with Gasteiger partial charge in [-0.2, -0.15) is 4.98 Å². The number of carbonyl (C=O) groups excluding carboxylic acids is 2. The molecule has 2 aliphatic heterocycles. The van der Waals surface area contributed by atoms with Crippen LogP contribution in [0.3, 0.4) is 0 Å². The number of aliphatic hydroxyl groups is 1. The Kier molecular flexibility index (Phi) is 5.28. The van der Waals surface area contributed by atoms with Gasteiger partial charge < -0.3 is 25.4 Å². The van der Waals surface area contributed by atoms with Crippen molar-refractivity contribution >= 4 is 17.8 Å². The molecule has 3 N–H and O–H groups in total. The number of nitrogens with zero attached hydrogens (tertiary/aromatic N) is 3. The van der Waals surface area contributed by atoms with Gasteiger partial charge in [-0.25, -0.2) is 9.59 Å². The van der Waals surface area contributed by atoms with Gasteiger partial charge in [0.2, 0.25) is 0 Å². The molecule has 31 heavy (non-hydrogen) atoms. The third-order valence-electron chi connectivity index (χ3n) is 6.06. The number of hydrogen-bond donors (Lipinski definition) is 3. The first-order chi connectivity index (χ1) is 14.8. The number of carbonyl (C=O) groups is 2. The van der Waals surface area contributed by atoms with Crippen LogP contribution in [-0.2, 0) is 4.74 Å². The van der Waals surface area contributed by atoms with Crippen LogP contribution in [0.1, 0.15) is 35.5 Å². The van der Waals surface area contributed by atoms with Gasteiger partial charge in [0.05, 0.1) is 6.54 Å². The fourth-order valence-corrected chi connectivity index (χ4v) is 4.32. The zero-order valence-electron chi connectivity index (χ0n) is 17.5. The minimum atomic E-state index is -0.949. The number of anilines is 1. The quantitative estimate of drug-likeness (QED) is 0.665. The molecule has 0 aliphatic carbocycles. The summed E-state index contributed by atoms with van der Waals surface area (Å²) in [5.74, 6) is -0.233. The van der Waals surface area contributed by atoms with E-state index in [9.17, 15) is 19.5 Å². The van der Waals surface area contributed by atoms with Crippen molar-refractivity contribution in [3.63, 3.8) is 0 Å². The van der Waals surface area contributed by atoms with E-state index in [1.165, 1.54) is 22.7 Å². The van der Waals surface area contributed by atoms with E-state index < -0.39 is 29.7 Å². The van der Waals surface area contributed by atoms with E-state index in [2.05, 4.69) is 15.6 Å². The molecule has 2 bridgehead atoms. The Hall–Kier alpha value is -3.24. The first kappa shape index (κ1) is 21.0. The standard InChI is InChI=1S/C21H25N5O5/c1-4-21-11-26(19(29)22-3)14(15(21)27)18(31-21)25-10-12(2)16(24-20(25)30)23-17(28)13-8-6-5-7-9-13/h5-10,14-15,18,27H,4,11H2,1-3H3,(H,22,29)(H,23,24,28,30)/t14-,15+,18?,21+/m1/s1. The van der Waals surface area contributed by atoms with E-state index in [4.69, 9.17) is 4.74 Å². The van der Waals surface area contributed by atoms with Gasteiger partial charge in [0.15, 0.2) is 6.23 Å². The zero-order valence-corrected chi connectivity index (χ0v) is 17.5. The fraction of sp³-hybridized carbons (Fsp3) is 0.429. The first-order valence-electron chi connectivity index (χ1n) is 10.1. The number of benzene rings is 1. The van der Waals surface area contributed by atoms with Crippen LogP contribution < -0.4 is 16.3 Å². The highest BCUT2D eigenvalue weighted by Gasteiger charge is 2.64. The number of morpholine rings is 1. The lowest BCUT2D eigenvalue weighted by Gasteiger charge is -2.36. The number of nitrogens with one attached hydrogen (secondary N) is 2. The molecule has 2 aromatic rings. The maximum atomic E-state index is 12.8. The van der Waals surface area contributed by atoms with Crippen LogP contribution in [0.4, 0.5) is 10.6 Å². The molecule has 10 nitrogen and oxygen atoms in total. The highest BCUT2D eigenvalue weighted by atomic mass is 16.6. The average molecular weight is 427 g/mol. The van der Waals surface area contributed by atoms with Gasteiger partial charge in [-0.3, -0.25) is 9.36 Å². The minimum Gasteiger partial charge on any atom is -0.388 e. The van der Waals surface area contributed by atoms with Crippen LogP contribution in [0.2, 0.25) is 0 Å². The highest BCUT2D eigenvalue weighted by Crippen LogP contribution is 2.47. The molecule has 1 aromatic carbocycles. The summed E-state index contributed by atoms with van der Waals surface area (Å²) in [6, 6.07) is 7.53. The second kappa shape index (κ2) is 7.78. The van der Waals surface area contributed by atoms with Crippen molar-refractivity contribution in [3.05, 3.63) is 58.1 Å². The van der Waals surface area contributed by atoms with Gasteiger partial charge >= 0.3 is 11.7 Å². The lowest BCUT2D eigenvalue weighted by atomic mass is 9.96. The second-order valence-electron chi connectivity index (χ2n) is 7.83. The van der Waals surface area contributed by atoms with Gasteiger partial charge in [-0.05, 0) is 25.5 Å². The van der Waals surface area contributed by atoms with Crippen LogP contribution in [0, 0.1) is 6.92 Å². The highest BCUT2D eigenvalue weighted by molar-refractivity contribution is 6.04. The summed E-state index contributed by atoms with van der Waals surface area (Å²) < 4.78 is 7.38. The molecule has 4 rings (SSSR count). The molecule has 3 amide bonds. The third-order valence-corrected chi connectivity index (χ3v) is 6.06. The molecule has 2 saturated heterocycles. The van der Waals surface area contributed by atoms with Crippen molar-refractivity contribution in [1.82, 2.24) is 19.8 Å². The summed E-state index contributed by atoms with van der Waals surface area (Å²) in [6.07, 6.45) is 0.170. The van der Waals surface area contributed by atoms with E-state index in [0.29, 0.717) is 17.5 Å². The normalized spacial score (nSPS) is 26.7. The van der Waals surface area contributed by atoms with E-state index in [-0.39, 0.29) is 24.3 Å². The summed E-state index contributed by atoms with van der Waals surface area (Å²) in [7, 11) is 1.51. The minimum absolute atomic E-state index is 0.146. The number of amides is 3. The van der Waals surface area contributed by atoms with E-state index in [1.54, 1.807) is 37.3 Å².